The van der Waals surface area contributed by atoms with E-state index in [1.807, 2.05) is 12.1 Å². The molecule has 3 atom stereocenters. The first kappa shape index (κ1) is 15.1. The van der Waals surface area contributed by atoms with Crippen LogP contribution in [0, 0.1) is 11.8 Å². The molecule has 0 saturated heterocycles. The van der Waals surface area contributed by atoms with Gasteiger partial charge in [0.1, 0.15) is 0 Å². The fourth-order valence-electron chi connectivity index (χ4n) is 3.14. The third kappa shape index (κ3) is 3.85. The first-order chi connectivity index (χ1) is 9.13. The standard InChI is InChI=1S/C15H22Cl2N2/c1-2-10-3-4-12(7-10)15(19-18)8-11-5-6-13(16)9-14(11)17/h5-6,9-10,12,15,19H,2-4,7-8,18H2,1H3. The fraction of sp³-hybridized carbons (Fsp3) is 0.600. The number of halogens is 2. The van der Waals surface area contributed by atoms with Gasteiger partial charge in [0.25, 0.3) is 0 Å². The van der Waals surface area contributed by atoms with Gasteiger partial charge in [-0.2, -0.15) is 0 Å². The van der Waals surface area contributed by atoms with Crippen LogP contribution in [0.4, 0.5) is 0 Å². The summed E-state index contributed by atoms with van der Waals surface area (Å²) in [5, 5.41) is 1.41. The Morgan fingerprint density at radius 2 is 2.16 bits per heavy atom. The summed E-state index contributed by atoms with van der Waals surface area (Å²) in [5.41, 5.74) is 4.11. The van der Waals surface area contributed by atoms with Crippen molar-refractivity contribution in [2.75, 3.05) is 0 Å². The van der Waals surface area contributed by atoms with Crippen LogP contribution in [0.3, 0.4) is 0 Å². The summed E-state index contributed by atoms with van der Waals surface area (Å²) in [6.07, 6.45) is 6.01. The van der Waals surface area contributed by atoms with E-state index in [0.717, 1.165) is 22.9 Å². The van der Waals surface area contributed by atoms with Crippen molar-refractivity contribution in [2.45, 2.75) is 45.1 Å². The molecule has 1 aliphatic rings. The zero-order valence-electron chi connectivity index (χ0n) is 11.3. The first-order valence-electron chi connectivity index (χ1n) is 7.04. The average molecular weight is 301 g/mol. The van der Waals surface area contributed by atoms with Crippen LogP contribution in [0.2, 0.25) is 10.0 Å². The zero-order valence-corrected chi connectivity index (χ0v) is 12.8. The highest BCUT2D eigenvalue weighted by atomic mass is 35.5. The molecule has 1 aromatic carbocycles. The lowest BCUT2D eigenvalue weighted by atomic mass is 9.91. The largest absolute Gasteiger partial charge is 0.271 e. The molecule has 2 nitrogen and oxygen atoms in total. The van der Waals surface area contributed by atoms with Gasteiger partial charge in [0.15, 0.2) is 0 Å². The lowest BCUT2D eigenvalue weighted by molar-refractivity contribution is 0.348. The summed E-state index contributed by atoms with van der Waals surface area (Å²) in [6.45, 7) is 2.27. The summed E-state index contributed by atoms with van der Waals surface area (Å²) in [6, 6.07) is 5.99. The second-order valence-corrected chi connectivity index (χ2v) is 6.40. The second kappa shape index (κ2) is 6.94. The maximum Gasteiger partial charge on any atom is 0.0453 e. The molecule has 1 fully saturated rings. The van der Waals surface area contributed by atoms with E-state index in [1.54, 1.807) is 6.07 Å². The highest BCUT2D eigenvalue weighted by Gasteiger charge is 2.29. The molecule has 0 heterocycles. The van der Waals surface area contributed by atoms with E-state index in [9.17, 15) is 0 Å². The molecule has 0 aliphatic heterocycles. The topological polar surface area (TPSA) is 38.0 Å². The van der Waals surface area contributed by atoms with Crippen LogP contribution in [-0.2, 0) is 6.42 Å². The van der Waals surface area contributed by atoms with Crippen LogP contribution in [0.1, 0.15) is 38.2 Å². The molecule has 0 amide bonds. The minimum atomic E-state index is 0.301. The van der Waals surface area contributed by atoms with E-state index in [4.69, 9.17) is 29.0 Å². The van der Waals surface area contributed by atoms with Gasteiger partial charge in [-0.3, -0.25) is 11.3 Å². The van der Waals surface area contributed by atoms with Gasteiger partial charge in [-0.05, 0) is 48.8 Å². The smallest absolute Gasteiger partial charge is 0.0453 e. The molecular weight excluding hydrogens is 279 g/mol. The molecule has 19 heavy (non-hydrogen) atoms. The van der Waals surface area contributed by atoms with Gasteiger partial charge in [0.2, 0.25) is 0 Å². The van der Waals surface area contributed by atoms with Crippen LogP contribution in [-0.4, -0.2) is 6.04 Å². The van der Waals surface area contributed by atoms with Gasteiger partial charge >= 0.3 is 0 Å². The van der Waals surface area contributed by atoms with Crippen molar-refractivity contribution >= 4 is 23.2 Å². The van der Waals surface area contributed by atoms with Gasteiger partial charge in [-0.15, -0.1) is 0 Å². The molecule has 4 heteroatoms. The molecule has 106 valence electrons. The molecule has 0 aromatic heterocycles. The minimum Gasteiger partial charge on any atom is -0.271 e. The van der Waals surface area contributed by atoms with Crippen molar-refractivity contribution in [3.05, 3.63) is 33.8 Å². The Morgan fingerprint density at radius 1 is 1.37 bits per heavy atom. The van der Waals surface area contributed by atoms with E-state index in [-0.39, 0.29) is 0 Å². The Bertz CT molecular complexity index is 423. The SMILES string of the molecule is CCC1CCC(C(Cc2ccc(Cl)cc2Cl)NN)C1. The molecular formula is C15H22Cl2N2. The molecule has 3 N–H and O–H groups in total. The maximum atomic E-state index is 6.24. The molecule has 3 unspecified atom stereocenters. The Labute approximate surface area is 125 Å². The summed E-state index contributed by atoms with van der Waals surface area (Å²) < 4.78 is 0. The van der Waals surface area contributed by atoms with Crippen molar-refractivity contribution in [1.82, 2.24) is 5.43 Å². The summed E-state index contributed by atoms with van der Waals surface area (Å²) in [5.74, 6) is 7.27. The van der Waals surface area contributed by atoms with Crippen LogP contribution >= 0.6 is 23.2 Å². The number of hydrazine groups is 1. The molecule has 0 spiro atoms. The second-order valence-electron chi connectivity index (χ2n) is 5.56. The number of nitrogens with two attached hydrogens (primary N) is 1. The number of hydrogen-bond acceptors (Lipinski definition) is 2. The molecule has 0 bridgehead atoms. The first-order valence-corrected chi connectivity index (χ1v) is 7.79. The van der Waals surface area contributed by atoms with E-state index < -0.39 is 0 Å². The predicted octanol–water partition coefficient (Wildman–Crippen LogP) is 4.19. The van der Waals surface area contributed by atoms with Gasteiger partial charge in [0.05, 0.1) is 0 Å². The number of hydrogen-bond donors (Lipinski definition) is 2. The van der Waals surface area contributed by atoms with Gasteiger partial charge in [-0.25, -0.2) is 0 Å². The molecule has 1 aliphatic carbocycles. The summed E-state index contributed by atoms with van der Waals surface area (Å²) in [7, 11) is 0. The third-order valence-corrected chi connectivity index (χ3v) is 4.98. The third-order valence-electron chi connectivity index (χ3n) is 4.40. The van der Waals surface area contributed by atoms with Crippen LogP contribution in [0.15, 0.2) is 18.2 Å². The molecule has 2 rings (SSSR count). The van der Waals surface area contributed by atoms with Crippen molar-refractivity contribution in [3.63, 3.8) is 0 Å². The highest BCUT2D eigenvalue weighted by Crippen LogP contribution is 2.36. The predicted molar refractivity (Wildman–Crippen MR) is 82.4 cm³/mol. The Kier molecular flexibility index (Phi) is 5.52. The normalized spacial score (nSPS) is 24.6. The minimum absolute atomic E-state index is 0.301. The van der Waals surface area contributed by atoms with E-state index in [2.05, 4.69) is 12.3 Å². The lowest BCUT2D eigenvalue weighted by Crippen LogP contribution is -2.41. The van der Waals surface area contributed by atoms with E-state index in [0.29, 0.717) is 17.0 Å². The maximum absolute atomic E-state index is 6.24. The molecule has 1 saturated carbocycles. The summed E-state index contributed by atoms with van der Waals surface area (Å²) >= 11 is 12.2. The van der Waals surface area contributed by atoms with Crippen LogP contribution in [0.25, 0.3) is 0 Å². The van der Waals surface area contributed by atoms with Crippen molar-refractivity contribution in [1.29, 1.82) is 0 Å². The molecule has 0 radical (unpaired) electrons. The van der Waals surface area contributed by atoms with Crippen molar-refractivity contribution in [2.24, 2.45) is 17.7 Å². The fourth-order valence-corrected chi connectivity index (χ4v) is 3.62. The monoisotopic (exact) mass is 300 g/mol. The quantitative estimate of drug-likeness (QED) is 0.632. The van der Waals surface area contributed by atoms with Crippen molar-refractivity contribution in [3.8, 4) is 0 Å². The summed E-state index contributed by atoms with van der Waals surface area (Å²) in [4.78, 5) is 0. The molecule has 1 aromatic rings. The number of nitrogens with one attached hydrogen (secondary N) is 1. The van der Waals surface area contributed by atoms with Gasteiger partial charge in [0, 0.05) is 16.1 Å². The Morgan fingerprint density at radius 3 is 2.74 bits per heavy atom. The lowest BCUT2D eigenvalue weighted by Gasteiger charge is -2.23. The van der Waals surface area contributed by atoms with Crippen LogP contribution < -0.4 is 11.3 Å². The van der Waals surface area contributed by atoms with Crippen LogP contribution in [0.5, 0.6) is 0 Å². The highest BCUT2D eigenvalue weighted by molar-refractivity contribution is 6.35. The number of rotatable bonds is 5. The zero-order chi connectivity index (χ0) is 13.8. The Balaban J connectivity index is 2.03. The van der Waals surface area contributed by atoms with E-state index in [1.165, 1.54) is 25.7 Å². The van der Waals surface area contributed by atoms with Gasteiger partial charge < -0.3 is 0 Å². The van der Waals surface area contributed by atoms with E-state index >= 15 is 0 Å². The Hall–Kier alpha value is -0.280. The average Bonchev–Trinajstić information content (AvgIpc) is 2.86. The van der Waals surface area contributed by atoms with Gasteiger partial charge in [-0.1, -0.05) is 49.0 Å². The van der Waals surface area contributed by atoms with Crippen molar-refractivity contribution < 1.29 is 0 Å². The number of benzene rings is 1.